The minimum Gasteiger partial charge on any atom is -0.456 e. The number of anilines is 1. The molecule has 0 unspecified atom stereocenters. The van der Waals surface area contributed by atoms with Crippen LogP contribution in [0.1, 0.15) is 27.2 Å². The van der Waals surface area contributed by atoms with E-state index < -0.39 is 12.5 Å². The first-order chi connectivity index (χ1) is 14.7. The van der Waals surface area contributed by atoms with Crippen molar-refractivity contribution < 1.29 is 23.3 Å². The molecule has 0 fully saturated rings. The summed E-state index contributed by atoms with van der Waals surface area (Å²) in [5, 5.41) is 15.4. The van der Waals surface area contributed by atoms with E-state index in [9.17, 15) is 14.7 Å². The third kappa shape index (κ3) is 6.69. The molecule has 0 saturated carbocycles. The van der Waals surface area contributed by atoms with Gasteiger partial charge in [-0.2, -0.15) is 0 Å². The van der Waals surface area contributed by atoms with Crippen LogP contribution in [-0.2, 0) is 13.6 Å². The zero-order chi connectivity index (χ0) is 23.0. The largest absolute Gasteiger partial charge is 0.456 e. The van der Waals surface area contributed by atoms with E-state index in [1.165, 1.54) is 30.5 Å². The molecular formula is C20H23Cl2N2O6P. The fourth-order valence-corrected chi connectivity index (χ4v) is 4.76. The Morgan fingerprint density at radius 3 is 2.35 bits per heavy atom. The molecule has 0 aliphatic rings. The molecule has 0 spiro atoms. The monoisotopic (exact) mass is 488 g/mol. The van der Waals surface area contributed by atoms with E-state index in [4.69, 9.17) is 37.0 Å². The van der Waals surface area contributed by atoms with Crippen LogP contribution < -0.4 is 10.1 Å². The maximum absolute atomic E-state index is 13.0. The Morgan fingerprint density at radius 1 is 1.13 bits per heavy atom. The highest BCUT2D eigenvalue weighted by atomic mass is 35.5. The zero-order valence-electron chi connectivity index (χ0n) is 17.3. The van der Waals surface area contributed by atoms with E-state index in [0.717, 1.165) is 0 Å². The Hall–Kier alpha value is -2.09. The number of allylic oxidation sites excluding steroid dienone is 1. The van der Waals surface area contributed by atoms with Crippen molar-refractivity contribution in [2.24, 2.45) is 0 Å². The van der Waals surface area contributed by atoms with Crippen molar-refractivity contribution >= 4 is 42.2 Å². The van der Waals surface area contributed by atoms with Gasteiger partial charge in [0, 0.05) is 23.4 Å². The molecule has 1 N–H and O–H groups in total. The van der Waals surface area contributed by atoms with Crippen LogP contribution in [0.2, 0.25) is 10.0 Å². The predicted octanol–water partition coefficient (Wildman–Crippen LogP) is 7.62. The third-order valence-electron chi connectivity index (χ3n) is 3.99. The molecule has 0 aliphatic heterocycles. The first kappa shape index (κ1) is 25.2. The number of hydrogen-bond donors (Lipinski definition) is 1. The van der Waals surface area contributed by atoms with Crippen molar-refractivity contribution in [2.45, 2.75) is 27.2 Å². The topological polar surface area (TPSA) is 99.9 Å². The number of halogens is 2. The van der Waals surface area contributed by atoms with Crippen molar-refractivity contribution in [1.29, 1.82) is 0 Å². The van der Waals surface area contributed by atoms with Gasteiger partial charge in [0.05, 0.1) is 28.5 Å². The Balaban J connectivity index is 2.39. The maximum atomic E-state index is 13.0. The molecule has 11 heteroatoms. The second-order valence-electron chi connectivity index (χ2n) is 6.08. The van der Waals surface area contributed by atoms with Crippen molar-refractivity contribution in [3.63, 3.8) is 0 Å². The summed E-state index contributed by atoms with van der Waals surface area (Å²) in [5.41, 5.74) is -0.0537. The molecule has 0 heterocycles. The third-order valence-corrected chi connectivity index (χ3v) is 6.87. The standard InChI is InChI=1S/C20H23Cl2N2O6P/c1-4-16(31(27,28-5-2)29-6-3)13-23-18-12-15(8-9-19(18)24(25)26)30-20-10-7-14(21)11-17(20)22/h7-13,23H,4-6H2,1-3H3. The highest BCUT2D eigenvalue weighted by Crippen LogP contribution is 2.57. The molecule has 31 heavy (non-hydrogen) atoms. The van der Waals surface area contributed by atoms with E-state index in [0.29, 0.717) is 33.3 Å². The van der Waals surface area contributed by atoms with Gasteiger partial charge >= 0.3 is 7.60 Å². The zero-order valence-corrected chi connectivity index (χ0v) is 19.7. The van der Waals surface area contributed by atoms with Gasteiger partial charge in [-0.05, 0) is 44.5 Å². The number of nitrogens with one attached hydrogen (secondary N) is 1. The minimum absolute atomic E-state index is 0.137. The van der Waals surface area contributed by atoms with Crippen LogP contribution >= 0.6 is 30.8 Å². The average Bonchev–Trinajstić information content (AvgIpc) is 2.71. The lowest BCUT2D eigenvalue weighted by molar-refractivity contribution is -0.383. The number of rotatable bonds is 11. The van der Waals surface area contributed by atoms with Crippen LogP contribution in [0.4, 0.5) is 11.4 Å². The maximum Gasteiger partial charge on any atom is 0.358 e. The number of hydrogen-bond acceptors (Lipinski definition) is 7. The second-order valence-corrected chi connectivity index (χ2v) is 9.01. The normalized spacial score (nSPS) is 12.0. The van der Waals surface area contributed by atoms with Crippen molar-refractivity contribution in [1.82, 2.24) is 0 Å². The highest BCUT2D eigenvalue weighted by Gasteiger charge is 2.28. The van der Waals surface area contributed by atoms with Crippen molar-refractivity contribution in [2.75, 3.05) is 18.5 Å². The Labute approximate surface area is 190 Å². The molecule has 0 radical (unpaired) electrons. The highest BCUT2D eigenvalue weighted by molar-refractivity contribution is 7.58. The van der Waals surface area contributed by atoms with E-state index in [1.807, 2.05) is 0 Å². The van der Waals surface area contributed by atoms with Gasteiger partial charge in [-0.3, -0.25) is 14.7 Å². The van der Waals surface area contributed by atoms with Crippen LogP contribution in [0, 0.1) is 10.1 Å². The van der Waals surface area contributed by atoms with Crippen LogP contribution in [-0.4, -0.2) is 18.1 Å². The lowest BCUT2D eigenvalue weighted by atomic mass is 10.2. The van der Waals surface area contributed by atoms with Crippen LogP contribution in [0.15, 0.2) is 47.9 Å². The molecule has 168 valence electrons. The Bertz CT molecular complexity index is 1010. The Morgan fingerprint density at radius 2 is 1.81 bits per heavy atom. The van der Waals surface area contributed by atoms with Crippen molar-refractivity contribution in [3.05, 3.63) is 68.1 Å². The number of nitrogens with zero attached hydrogens (tertiary/aromatic N) is 1. The summed E-state index contributed by atoms with van der Waals surface area (Å²) < 4.78 is 29.5. The molecule has 0 atom stereocenters. The molecule has 0 saturated heterocycles. The summed E-state index contributed by atoms with van der Waals surface area (Å²) in [6, 6.07) is 8.92. The summed E-state index contributed by atoms with van der Waals surface area (Å²) >= 11 is 12.0. The summed E-state index contributed by atoms with van der Waals surface area (Å²) in [6.45, 7) is 5.59. The number of nitro benzene ring substituents is 1. The molecule has 0 aromatic heterocycles. The second kappa shape index (κ2) is 11.5. The summed E-state index contributed by atoms with van der Waals surface area (Å²) in [4.78, 5) is 10.9. The van der Waals surface area contributed by atoms with E-state index in [2.05, 4.69) is 5.32 Å². The van der Waals surface area contributed by atoms with E-state index in [1.54, 1.807) is 32.9 Å². The molecule has 2 rings (SSSR count). The summed E-state index contributed by atoms with van der Waals surface area (Å²) in [6.07, 6.45) is 1.77. The van der Waals surface area contributed by atoms with Gasteiger partial charge in [-0.25, -0.2) is 0 Å². The fourth-order valence-electron chi connectivity index (χ4n) is 2.62. The van der Waals surface area contributed by atoms with Gasteiger partial charge in [0.15, 0.2) is 0 Å². The fraction of sp³-hybridized carbons (Fsp3) is 0.300. The number of benzene rings is 2. The molecule has 0 aliphatic carbocycles. The van der Waals surface area contributed by atoms with Gasteiger partial charge in [0.25, 0.3) is 5.69 Å². The lowest BCUT2D eigenvalue weighted by Crippen LogP contribution is -2.02. The van der Waals surface area contributed by atoms with Crippen LogP contribution in [0.25, 0.3) is 0 Å². The first-order valence-corrected chi connectivity index (χ1v) is 11.8. The van der Waals surface area contributed by atoms with Gasteiger partial charge in [0.2, 0.25) is 0 Å². The van der Waals surface area contributed by atoms with E-state index >= 15 is 0 Å². The minimum atomic E-state index is -3.52. The van der Waals surface area contributed by atoms with Gasteiger partial charge in [0.1, 0.15) is 17.2 Å². The SMILES string of the molecule is CCOP(=O)(OCC)C(=CNc1cc(Oc2ccc(Cl)cc2Cl)ccc1[N+](=O)[O-])CC. The molecular weight excluding hydrogens is 466 g/mol. The number of ether oxygens (including phenoxy) is 1. The van der Waals surface area contributed by atoms with Crippen molar-refractivity contribution in [3.8, 4) is 11.5 Å². The van der Waals surface area contributed by atoms with Crippen LogP contribution in [0.3, 0.4) is 0 Å². The summed E-state index contributed by atoms with van der Waals surface area (Å²) in [7, 11) is -3.52. The quantitative estimate of drug-likeness (QED) is 0.197. The van der Waals surface area contributed by atoms with E-state index in [-0.39, 0.29) is 24.6 Å². The molecule has 8 nitrogen and oxygen atoms in total. The van der Waals surface area contributed by atoms with Gasteiger partial charge in [-0.15, -0.1) is 0 Å². The van der Waals surface area contributed by atoms with Crippen LogP contribution in [0.5, 0.6) is 11.5 Å². The lowest BCUT2D eigenvalue weighted by Gasteiger charge is -2.19. The predicted molar refractivity (Wildman–Crippen MR) is 122 cm³/mol. The number of nitro groups is 1. The first-order valence-electron chi connectivity index (χ1n) is 9.50. The summed E-state index contributed by atoms with van der Waals surface area (Å²) in [5.74, 6) is 0.648. The smallest absolute Gasteiger partial charge is 0.358 e. The molecule has 0 bridgehead atoms. The molecule has 0 amide bonds. The van der Waals surface area contributed by atoms with Gasteiger partial charge in [-0.1, -0.05) is 30.1 Å². The molecule has 2 aromatic rings. The Kier molecular flexibility index (Phi) is 9.34. The molecule has 2 aromatic carbocycles. The van der Waals surface area contributed by atoms with Gasteiger partial charge < -0.3 is 19.1 Å². The average molecular weight is 489 g/mol.